The summed E-state index contributed by atoms with van der Waals surface area (Å²) in [5.74, 6) is -142. The maximum absolute atomic E-state index is 14.3. The van der Waals surface area contributed by atoms with Crippen LogP contribution in [0.2, 0.25) is 18.1 Å². The summed E-state index contributed by atoms with van der Waals surface area (Å²) >= 11 is 0. The van der Waals surface area contributed by atoms with Crippen molar-refractivity contribution in [1.82, 2.24) is 0 Å². The zero-order chi connectivity index (χ0) is 53.0. The van der Waals surface area contributed by atoms with Gasteiger partial charge in [0.05, 0.1) is 0 Å². The minimum absolute atomic E-state index is 0.226. The summed E-state index contributed by atoms with van der Waals surface area (Å²) in [5, 5.41) is 5.07. The lowest BCUT2D eigenvalue weighted by atomic mass is 9.87. The molecule has 0 amide bonds. The second-order valence-corrected chi connectivity index (χ2v) is 17.6. The number of alkyl halides is 38. The van der Waals surface area contributed by atoms with Crippen LogP contribution in [0.5, 0.6) is 0 Å². The molecule has 0 spiro atoms. The van der Waals surface area contributed by atoms with Gasteiger partial charge in [-0.15, -0.1) is 0 Å². The molecule has 0 aromatic heterocycles. The number of hydrogen-bond donors (Lipinski definition) is 1. The van der Waals surface area contributed by atoms with Gasteiger partial charge < -0.3 is 5.40 Å². The molecular formula is C24H15F38NSi. The van der Waals surface area contributed by atoms with Crippen LogP contribution in [0.15, 0.2) is 0 Å². The molecule has 0 aliphatic rings. The second kappa shape index (κ2) is 15.8. The Kier molecular flexibility index (Phi) is 15.2. The van der Waals surface area contributed by atoms with Crippen LogP contribution in [0.25, 0.3) is 0 Å². The Balaban J connectivity index is 6.97. The Morgan fingerprint density at radius 1 is 0.250 bits per heavy atom. The number of rotatable bonds is 21. The van der Waals surface area contributed by atoms with E-state index >= 15 is 0 Å². The summed E-state index contributed by atoms with van der Waals surface area (Å²) in [6.45, 7) is 0.226. The quantitative estimate of drug-likeness (QED) is 0.0900. The first-order chi connectivity index (χ1) is 27.0. The molecule has 0 aliphatic heterocycles. The maximum atomic E-state index is 14.3. The summed E-state index contributed by atoms with van der Waals surface area (Å²) < 4.78 is 514. The van der Waals surface area contributed by atoms with Crippen molar-refractivity contribution in [3.63, 3.8) is 0 Å². The maximum Gasteiger partial charge on any atom is 0.460 e. The van der Waals surface area contributed by atoms with Crippen LogP contribution in [0.1, 0.15) is 19.8 Å². The van der Waals surface area contributed by atoms with Crippen molar-refractivity contribution in [1.29, 1.82) is 0 Å². The molecule has 64 heavy (non-hydrogen) atoms. The molecule has 0 saturated heterocycles. The van der Waals surface area contributed by atoms with Crippen LogP contribution in [0, 0.1) is 0 Å². The molecule has 0 heterocycles. The van der Waals surface area contributed by atoms with Crippen molar-refractivity contribution >= 4 is 8.24 Å². The Bertz CT molecular complexity index is 1520. The summed E-state index contributed by atoms with van der Waals surface area (Å²) in [6.07, 6.45) is -23.8. The average Bonchev–Trinajstić information content (AvgIpc) is 3.07. The van der Waals surface area contributed by atoms with Crippen LogP contribution >= 0.6 is 0 Å². The van der Waals surface area contributed by atoms with E-state index in [4.69, 9.17) is 5.40 Å². The van der Waals surface area contributed by atoms with Crippen LogP contribution < -0.4 is 5.40 Å². The van der Waals surface area contributed by atoms with Crippen LogP contribution in [-0.4, -0.2) is 115 Å². The average molecular weight is 1070 g/mol. The van der Waals surface area contributed by atoms with E-state index in [0.717, 1.165) is 0 Å². The van der Waals surface area contributed by atoms with Gasteiger partial charge in [0.1, 0.15) is 8.24 Å². The lowest BCUT2D eigenvalue weighted by Crippen LogP contribution is -2.75. The molecule has 0 rings (SSSR count). The van der Waals surface area contributed by atoms with Gasteiger partial charge in [-0.05, 0) is 18.1 Å². The number of hydrogen-bond acceptors (Lipinski definition) is 1. The largest absolute Gasteiger partial charge is 0.460 e. The summed E-state index contributed by atoms with van der Waals surface area (Å²) in [5.41, 5.74) is 0. The highest BCUT2D eigenvalue weighted by atomic mass is 28.3. The van der Waals surface area contributed by atoms with Gasteiger partial charge in [-0.1, -0.05) is 6.92 Å². The Morgan fingerprint density at radius 2 is 0.391 bits per heavy atom. The van der Waals surface area contributed by atoms with Gasteiger partial charge in [-0.25, -0.2) is 0 Å². The molecule has 0 aromatic carbocycles. The Morgan fingerprint density at radius 3 is 0.531 bits per heavy atom. The highest BCUT2D eigenvalue weighted by molar-refractivity contribution is 6.76. The Hall–Kier alpha value is -2.48. The van der Waals surface area contributed by atoms with Crippen molar-refractivity contribution < 1.29 is 167 Å². The van der Waals surface area contributed by atoms with E-state index < -0.39 is 146 Å². The molecule has 0 fully saturated rings. The summed E-state index contributed by atoms with van der Waals surface area (Å²) in [7, 11) is -5.68. The highest BCUT2D eigenvalue weighted by Gasteiger charge is 2.98. The van der Waals surface area contributed by atoms with E-state index in [-0.39, 0.29) is 6.92 Å². The molecule has 0 saturated carbocycles. The topological polar surface area (TPSA) is 26.0 Å². The van der Waals surface area contributed by atoms with E-state index in [1.165, 1.54) is 0 Å². The fraction of sp³-hybridized carbons (Fsp3) is 1.00. The zero-order valence-corrected chi connectivity index (χ0v) is 30.0. The molecule has 0 aliphatic carbocycles. The molecule has 0 aromatic rings. The predicted octanol–water partition coefficient (Wildman–Crippen LogP) is 14.0. The van der Waals surface area contributed by atoms with Gasteiger partial charge in [0.2, 0.25) is 0 Å². The highest BCUT2D eigenvalue weighted by Crippen LogP contribution is 2.68. The normalized spacial score (nSPS) is 17.1. The molecule has 0 unspecified atom stereocenters. The molecule has 386 valence electrons. The van der Waals surface area contributed by atoms with E-state index in [2.05, 4.69) is 0 Å². The van der Waals surface area contributed by atoms with Crippen molar-refractivity contribution in [2.45, 2.75) is 145 Å². The van der Waals surface area contributed by atoms with Crippen molar-refractivity contribution in [3.05, 3.63) is 0 Å². The molecule has 0 atom stereocenters. The zero-order valence-electron chi connectivity index (χ0n) is 29.0. The molecule has 2 N–H and O–H groups in total. The smallest absolute Gasteiger partial charge is 0.351 e. The van der Waals surface area contributed by atoms with E-state index in [9.17, 15) is 167 Å². The third kappa shape index (κ3) is 8.11. The van der Waals surface area contributed by atoms with Gasteiger partial charge in [0.15, 0.2) is 0 Å². The van der Waals surface area contributed by atoms with Crippen LogP contribution in [0.3, 0.4) is 0 Å². The van der Waals surface area contributed by atoms with Crippen molar-refractivity contribution in [3.8, 4) is 0 Å². The lowest BCUT2D eigenvalue weighted by Gasteiger charge is -2.44. The van der Waals surface area contributed by atoms with Gasteiger partial charge in [-0.2, -0.15) is 167 Å². The molecule has 0 radical (unpaired) electrons. The van der Waals surface area contributed by atoms with Gasteiger partial charge in [-0.3, -0.25) is 0 Å². The van der Waals surface area contributed by atoms with E-state index in [1.807, 2.05) is 0 Å². The van der Waals surface area contributed by atoms with Crippen molar-refractivity contribution in [2.75, 3.05) is 0 Å². The van der Waals surface area contributed by atoms with Gasteiger partial charge in [0.25, 0.3) is 0 Å². The minimum atomic E-state index is -9.42. The number of nitrogens with two attached hydrogens (primary N) is 1. The second-order valence-electron chi connectivity index (χ2n) is 13.2. The van der Waals surface area contributed by atoms with Crippen LogP contribution in [-0.2, 0) is 0 Å². The minimum Gasteiger partial charge on any atom is -0.351 e. The monoisotopic (exact) mass is 1070 g/mol. The summed E-state index contributed by atoms with van der Waals surface area (Å²) in [6, 6.07) is -6.98. The molecule has 1 nitrogen and oxygen atoms in total. The van der Waals surface area contributed by atoms with Crippen molar-refractivity contribution in [2.24, 2.45) is 5.40 Å². The molecular weight excluding hydrogens is 1050 g/mol. The fourth-order valence-electron chi connectivity index (χ4n) is 4.39. The third-order valence-corrected chi connectivity index (χ3v) is 12.8. The van der Waals surface area contributed by atoms with Crippen LogP contribution in [0.4, 0.5) is 167 Å². The molecule has 40 heteroatoms. The lowest BCUT2D eigenvalue weighted by molar-refractivity contribution is -0.468. The first-order valence-corrected chi connectivity index (χ1v) is 17.6. The SMILES string of the molecule is CC[Si](N)(CCC(F)(F)C(F)(F)C(F)(F)C(F)(F)C(F)(F)C(F)(F)C(F)(F)C(F)(F)C(F)(F)F)CCC(F)(F)C(F)(F)C(F)(F)C(F)(F)C(F)(F)C(F)(F)C(F)(F)C(F)(F)C(F)(F)F. The predicted molar refractivity (Wildman–Crippen MR) is 131 cm³/mol. The first kappa shape index (κ1) is 61.5. The van der Waals surface area contributed by atoms with Gasteiger partial charge in [0, 0.05) is 12.8 Å². The standard InChI is InChI=1S/C24H15F38NSi/c1-2-64(63,5-3-7(25,26)9(29,30)11(33,34)13(37,38)15(41,42)17(45,46)19(49,50)21(53,54)23(57,58)59)6-4-8(27,28)10(31,32)12(35,36)14(39,40)16(43,44)18(47,48)20(51,52)22(55,56)24(60,61)62/h2-6,63H2,1H3. The van der Waals surface area contributed by atoms with Gasteiger partial charge >= 0.3 is 107 Å². The summed E-state index contributed by atoms with van der Waals surface area (Å²) in [4.78, 5) is 0. The van der Waals surface area contributed by atoms with E-state index in [1.54, 1.807) is 0 Å². The Labute approximate surface area is 326 Å². The molecule has 0 bridgehead atoms. The fourth-order valence-corrected chi connectivity index (χ4v) is 6.97. The number of halogens is 38. The first-order valence-electron chi connectivity index (χ1n) is 14.9. The third-order valence-electron chi connectivity index (χ3n) is 8.94. The van der Waals surface area contributed by atoms with E-state index in [0.29, 0.717) is 0 Å².